The van der Waals surface area contributed by atoms with E-state index < -0.39 is 50.0 Å². The Kier molecular flexibility index (Phi) is 10.9. The van der Waals surface area contributed by atoms with Crippen LogP contribution in [0.1, 0.15) is 117 Å². The highest BCUT2D eigenvalue weighted by Crippen LogP contribution is 2.52. The molecule has 11 nitrogen and oxygen atoms in total. The molecule has 0 spiro atoms. The standard InChI is InChI=1S/C39H56F2O11S/c1-24-9-28-12-29(10-24)15-30(14-28)32(42)48-20-36(23-51-34(43)37-7-3-5-26(17-37)11-25(2)16-37)21-49-33(50-22-36)31-13-27-6-4-8-38(18-27,19-31)52-35(44)39(40,41)53(45,46)47/h13,24-26,28-31,33H,3-12,14-23H2,1-2H3,(H,45,46,47). The summed E-state index contributed by atoms with van der Waals surface area (Å²) in [6.45, 7) is 4.43. The van der Waals surface area contributed by atoms with E-state index in [-0.39, 0.29) is 63.5 Å². The van der Waals surface area contributed by atoms with Gasteiger partial charge in [-0.15, -0.1) is 0 Å². The molecule has 14 heteroatoms. The Morgan fingerprint density at radius 2 is 1.57 bits per heavy atom. The molecule has 1 N–H and O–H groups in total. The first-order valence-electron chi connectivity index (χ1n) is 19.8. The molecular weight excluding hydrogens is 714 g/mol. The van der Waals surface area contributed by atoms with E-state index in [2.05, 4.69) is 13.8 Å². The van der Waals surface area contributed by atoms with Gasteiger partial charge in [-0.3, -0.25) is 14.1 Å². The quantitative estimate of drug-likeness (QED) is 0.108. The second-order valence-electron chi connectivity index (χ2n) is 18.5. The Morgan fingerprint density at radius 3 is 2.26 bits per heavy atom. The van der Waals surface area contributed by atoms with Gasteiger partial charge in [0.05, 0.1) is 30.0 Å². The van der Waals surface area contributed by atoms with Gasteiger partial charge in [0.15, 0.2) is 6.29 Å². The average Bonchev–Trinajstić information content (AvgIpc) is 3.08. The molecule has 0 radical (unpaired) electrons. The number of alkyl halides is 2. The SMILES string of the molecule is CC1CC2CC(C1)CC(C(=O)OCC1(COC(=O)C34CCCC(CC(C)C3)C4)COC(C3C=C4CCCC(OC(=O)C(F)(F)S(=O)(=O)O)(C4)C3)OC1)C2. The topological polar surface area (TPSA) is 152 Å². The van der Waals surface area contributed by atoms with Crippen LogP contribution >= 0.6 is 0 Å². The molecule has 1 heterocycles. The van der Waals surface area contributed by atoms with Gasteiger partial charge in [0, 0.05) is 12.3 Å². The highest BCUT2D eigenvalue weighted by atomic mass is 32.2. The fraction of sp³-hybridized carbons (Fsp3) is 0.872. The number of carbonyl (C=O) groups excluding carboxylic acids is 3. The molecule has 6 bridgehead atoms. The highest BCUT2D eigenvalue weighted by Gasteiger charge is 2.58. The minimum atomic E-state index is -6.03. The van der Waals surface area contributed by atoms with Crippen molar-refractivity contribution in [2.24, 2.45) is 52.3 Å². The Bertz CT molecular complexity index is 1540. The lowest BCUT2D eigenvalue weighted by molar-refractivity contribution is -0.267. The molecule has 1 saturated heterocycles. The van der Waals surface area contributed by atoms with Crippen molar-refractivity contribution in [3.63, 3.8) is 0 Å². The third-order valence-corrected chi connectivity index (χ3v) is 14.5. The summed E-state index contributed by atoms with van der Waals surface area (Å²) in [6, 6.07) is 0. The van der Waals surface area contributed by atoms with Crippen molar-refractivity contribution >= 4 is 28.0 Å². The van der Waals surface area contributed by atoms with Crippen molar-refractivity contribution < 1.29 is 59.8 Å². The molecule has 6 aliphatic carbocycles. The van der Waals surface area contributed by atoms with E-state index in [0.29, 0.717) is 42.4 Å². The maximum absolute atomic E-state index is 14.2. The maximum Gasteiger partial charge on any atom is 0.465 e. The summed E-state index contributed by atoms with van der Waals surface area (Å²) in [6.07, 6.45) is 13.4. The number of esters is 3. The van der Waals surface area contributed by atoms with Gasteiger partial charge in [-0.25, -0.2) is 4.79 Å². The molecule has 298 valence electrons. The van der Waals surface area contributed by atoms with Crippen LogP contribution < -0.4 is 0 Å². The summed E-state index contributed by atoms with van der Waals surface area (Å²) in [5, 5.41) is -5.11. The molecule has 7 aliphatic rings. The van der Waals surface area contributed by atoms with Crippen LogP contribution in [0.3, 0.4) is 0 Å². The lowest BCUT2D eigenvalue weighted by Crippen LogP contribution is -2.53. The Labute approximate surface area is 311 Å². The minimum Gasteiger partial charge on any atom is -0.465 e. The minimum absolute atomic E-state index is 0.0327. The first kappa shape index (κ1) is 39.1. The first-order valence-corrected chi connectivity index (χ1v) is 21.3. The van der Waals surface area contributed by atoms with E-state index in [1.54, 1.807) is 0 Å². The normalized spacial score (nSPS) is 41.4. The number of hydrogen-bond donors (Lipinski definition) is 1. The monoisotopic (exact) mass is 770 g/mol. The third-order valence-electron chi connectivity index (χ3n) is 13.7. The molecule has 0 amide bonds. The zero-order valence-electron chi connectivity index (χ0n) is 31.0. The van der Waals surface area contributed by atoms with Crippen LogP contribution in [0, 0.1) is 52.3 Å². The summed E-state index contributed by atoms with van der Waals surface area (Å²) < 4.78 is 90.1. The van der Waals surface area contributed by atoms with Crippen molar-refractivity contribution in [1.29, 1.82) is 0 Å². The molecule has 7 rings (SSSR count). The third kappa shape index (κ3) is 8.21. The van der Waals surface area contributed by atoms with Crippen LogP contribution in [0.5, 0.6) is 0 Å². The van der Waals surface area contributed by atoms with Crippen LogP contribution in [0.25, 0.3) is 0 Å². The lowest BCUT2D eigenvalue weighted by atomic mass is 9.59. The van der Waals surface area contributed by atoms with E-state index >= 15 is 0 Å². The zero-order valence-corrected chi connectivity index (χ0v) is 31.8. The summed E-state index contributed by atoms with van der Waals surface area (Å²) in [5.41, 5.74) is -2.07. The molecule has 1 aliphatic heterocycles. The number of hydrogen-bond acceptors (Lipinski definition) is 10. The molecule has 5 saturated carbocycles. The molecule has 0 aromatic heterocycles. The van der Waals surface area contributed by atoms with Crippen LogP contribution in [-0.4, -0.2) is 74.5 Å². The van der Waals surface area contributed by atoms with Gasteiger partial charge >= 0.3 is 33.3 Å². The number of halogens is 2. The van der Waals surface area contributed by atoms with Gasteiger partial charge in [0.25, 0.3) is 0 Å². The molecule has 0 aromatic carbocycles. The number of rotatable bonds is 10. The maximum atomic E-state index is 14.2. The lowest BCUT2D eigenvalue weighted by Gasteiger charge is -2.48. The van der Waals surface area contributed by atoms with Gasteiger partial charge < -0.3 is 23.7 Å². The number of ether oxygens (including phenoxy) is 5. The molecule has 53 heavy (non-hydrogen) atoms. The number of carbonyl (C=O) groups is 3. The Morgan fingerprint density at radius 1 is 0.887 bits per heavy atom. The molecule has 0 aromatic rings. The van der Waals surface area contributed by atoms with Gasteiger partial charge in [0.1, 0.15) is 18.8 Å². The van der Waals surface area contributed by atoms with Crippen molar-refractivity contribution in [3.05, 3.63) is 11.6 Å². The van der Waals surface area contributed by atoms with E-state index in [9.17, 15) is 31.6 Å². The van der Waals surface area contributed by atoms with Gasteiger partial charge in [-0.1, -0.05) is 38.3 Å². The van der Waals surface area contributed by atoms with Crippen molar-refractivity contribution in [2.75, 3.05) is 26.4 Å². The predicted octanol–water partition coefficient (Wildman–Crippen LogP) is 6.78. The van der Waals surface area contributed by atoms with E-state index in [1.165, 1.54) is 6.42 Å². The Hall–Kier alpha value is -2.16. The first-order chi connectivity index (χ1) is 25.0. The van der Waals surface area contributed by atoms with E-state index in [4.69, 9.17) is 28.2 Å². The molecule has 6 fully saturated rings. The Balaban J connectivity index is 1.04. The summed E-state index contributed by atoms with van der Waals surface area (Å²) in [5.74, 6) is -0.817. The van der Waals surface area contributed by atoms with Gasteiger partial charge in [0.2, 0.25) is 0 Å². The molecule has 7 unspecified atom stereocenters. The largest absolute Gasteiger partial charge is 0.465 e. The van der Waals surface area contributed by atoms with Crippen LogP contribution in [0.4, 0.5) is 8.78 Å². The summed E-state index contributed by atoms with van der Waals surface area (Å²) in [7, 11) is -6.03. The second kappa shape index (κ2) is 14.7. The fourth-order valence-electron chi connectivity index (χ4n) is 11.6. The van der Waals surface area contributed by atoms with Crippen molar-refractivity contribution in [2.45, 2.75) is 134 Å². The van der Waals surface area contributed by atoms with Gasteiger partial charge in [-0.05, 0) is 113 Å². The smallest absolute Gasteiger partial charge is 0.465 e. The van der Waals surface area contributed by atoms with Crippen LogP contribution in [0.15, 0.2) is 11.6 Å². The van der Waals surface area contributed by atoms with Crippen LogP contribution in [-0.2, 0) is 48.2 Å². The fourth-order valence-corrected chi connectivity index (χ4v) is 11.9. The second-order valence-corrected chi connectivity index (χ2v) is 19.9. The zero-order chi connectivity index (χ0) is 37.8. The highest BCUT2D eigenvalue weighted by molar-refractivity contribution is 7.87. The van der Waals surface area contributed by atoms with E-state index in [1.807, 2.05) is 6.08 Å². The van der Waals surface area contributed by atoms with Crippen molar-refractivity contribution in [3.8, 4) is 0 Å². The van der Waals surface area contributed by atoms with E-state index in [0.717, 1.165) is 69.8 Å². The van der Waals surface area contributed by atoms with Crippen molar-refractivity contribution in [1.82, 2.24) is 0 Å². The summed E-state index contributed by atoms with van der Waals surface area (Å²) >= 11 is 0. The summed E-state index contributed by atoms with van der Waals surface area (Å²) in [4.78, 5) is 39.9. The molecule has 7 atom stereocenters. The predicted molar refractivity (Wildman–Crippen MR) is 186 cm³/mol. The molecular formula is C39H56F2O11S. The van der Waals surface area contributed by atoms with Crippen LogP contribution in [0.2, 0.25) is 0 Å². The number of fused-ring (bicyclic) bond motifs is 6. The average molecular weight is 771 g/mol. The van der Waals surface area contributed by atoms with Gasteiger partial charge in [-0.2, -0.15) is 17.2 Å².